The summed E-state index contributed by atoms with van der Waals surface area (Å²) in [6.07, 6.45) is 1.56. The molecule has 6 heteroatoms. The molecule has 0 rings (SSSR count). The van der Waals surface area contributed by atoms with Crippen molar-refractivity contribution in [2.45, 2.75) is 51.4 Å². The minimum absolute atomic E-state index is 0.197. The summed E-state index contributed by atoms with van der Waals surface area (Å²) in [5.41, 5.74) is 0. The number of carbonyl (C=O) groups is 1. The van der Waals surface area contributed by atoms with Gasteiger partial charge in [-0.3, -0.25) is 0 Å². The van der Waals surface area contributed by atoms with Gasteiger partial charge in [0.1, 0.15) is 6.79 Å². The van der Waals surface area contributed by atoms with Crippen LogP contribution in [-0.4, -0.2) is 48.1 Å². The average Bonchev–Trinajstić information content (AvgIpc) is 2.38. The predicted molar refractivity (Wildman–Crippen MR) is 69.2 cm³/mol. The van der Waals surface area contributed by atoms with Crippen LogP contribution in [0.4, 0.5) is 0 Å². The highest BCUT2D eigenvalue weighted by Gasteiger charge is 2.18. The number of hydrogen-bond acceptors (Lipinski definition) is 6. The molecule has 0 spiro atoms. The van der Waals surface area contributed by atoms with Gasteiger partial charge in [-0.05, 0) is 26.2 Å². The molecule has 0 amide bonds. The summed E-state index contributed by atoms with van der Waals surface area (Å²) in [6.45, 7) is 6.37. The number of esters is 1. The summed E-state index contributed by atoms with van der Waals surface area (Å²) in [4.78, 5) is 10.9. The molecule has 0 aromatic carbocycles. The van der Waals surface area contributed by atoms with E-state index in [-0.39, 0.29) is 25.8 Å². The maximum Gasteiger partial charge on any atom is 0.332 e. The number of ether oxygens (including phenoxy) is 3. The molecule has 19 heavy (non-hydrogen) atoms. The van der Waals surface area contributed by atoms with Crippen molar-refractivity contribution in [1.82, 2.24) is 0 Å². The third-order valence-corrected chi connectivity index (χ3v) is 2.63. The van der Waals surface area contributed by atoms with Gasteiger partial charge in [0.15, 0.2) is 6.79 Å². The van der Waals surface area contributed by atoms with E-state index in [1.807, 2.05) is 6.92 Å². The largest absolute Gasteiger partial charge is 0.435 e. The zero-order valence-corrected chi connectivity index (χ0v) is 11.6. The van der Waals surface area contributed by atoms with Crippen LogP contribution < -0.4 is 0 Å². The van der Waals surface area contributed by atoms with E-state index in [9.17, 15) is 9.90 Å². The normalized spacial score (nSPS) is 15.6. The molecular formula is C13H24O6. The first-order valence-electron chi connectivity index (χ1n) is 6.34. The zero-order chi connectivity index (χ0) is 14.7. The number of rotatable bonds is 11. The molecule has 0 saturated carbocycles. The second kappa shape index (κ2) is 10.9. The van der Waals surface area contributed by atoms with Gasteiger partial charge in [0, 0.05) is 6.08 Å². The van der Waals surface area contributed by atoms with E-state index in [0.29, 0.717) is 19.3 Å². The van der Waals surface area contributed by atoms with Gasteiger partial charge in [-0.15, -0.1) is 0 Å². The highest BCUT2D eigenvalue weighted by Crippen LogP contribution is 2.14. The quantitative estimate of drug-likeness (QED) is 0.332. The lowest BCUT2D eigenvalue weighted by Crippen LogP contribution is -2.27. The highest BCUT2D eigenvalue weighted by molar-refractivity contribution is 5.81. The molecule has 0 aromatic rings. The second-order valence-corrected chi connectivity index (χ2v) is 4.21. The number of aliphatic hydroxyl groups excluding tert-OH is 2. The fraction of sp³-hybridized carbons (Fsp3) is 0.769. The van der Waals surface area contributed by atoms with E-state index in [4.69, 9.17) is 19.3 Å². The fourth-order valence-corrected chi connectivity index (χ4v) is 1.52. The Bertz CT molecular complexity index is 256. The predicted octanol–water partition coefficient (Wildman–Crippen LogP) is 0.964. The Balaban J connectivity index is 4.16. The molecular weight excluding hydrogens is 252 g/mol. The van der Waals surface area contributed by atoms with Crippen molar-refractivity contribution in [2.75, 3.05) is 13.6 Å². The zero-order valence-electron chi connectivity index (χ0n) is 11.6. The molecule has 0 aliphatic heterocycles. The Morgan fingerprint density at radius 2 is 2.05 bits per heavy atom. The van der Waals surface area contributed by atoms with Crippen LogP contribution in [0.5, 0.6) is 0 Å². The van der Waals surface area contributed by atoms with Crippen LogP contribution in [0, 0.1) is 0 Å². The van der Waals surface area contributed by atoms with E-state index >= 15 is 0 Å². The molecule has 0 aromatic heterocycles. The molecule has 0 aliphatic carbocycles. The van der Waals surface area contributed by atoms with Crippen molar-refractivity contribution in [2.24, 2.45) is 0 Å². The van der Waals surface area contributed by atoms with Gasteiger partial charge in [0.25, 0.3) is 0 Å². The molecule has 2 N–H and O–H groups in total. The Kier molecular flexibility index (Phi) is 10.4. The summed E-state index contributed by atoms with van der Waals surface area (Å²) in [7, 11) is 0. The maximum absolute atomic E-state index is 10.9. The molecule has 0 bridgehead atoms. The lowest BCUT2D eigenvalue weighted by molar-refractivity contribution is -0.159. The van der Waals surface area contributed by atoms with Crippen LogP contribution in [0.2, 0.25) is 0 Å². The van der Waals surface area contributed by atoms with Crippen LogP contribution >= 0.6 is 0 Å². The standard InChI is InChI=1S/C13H24O6/c1-4-11(15)7-12(6-10(3)17-8-14)18-9-19-13(16)5-2/h5,10-12,14-15H,2,4,6-9H2,1,3H3. The molecule has 3 atom stereocenters. The molecule has 0 saturated heterocycles. The summed E-state index contributed by atoms with van der Waals surface area (Å²) >= 11 is 0. The monoisotopic (exact) mass is 276 g/mol. The van der Waals surface area contributed by atoms with Crippen molar-refractivity contribution in [3.63, 3.8) is 0 Å². The summed E-state index contributed by atoms with van der Waals surface area (Å²) in [5.74, 6) is -0.561. The molecule has 0 radical (unpaired) electrons. The number of aliphatic hydroxyl groups is 2. The van der Waals surface area contributed by atoms with Gasteiger partial charge in [0.05, 0.1) is 18.3 Å². The van der Waals surface area contributed by atoms with E-state index < -0.39 is 12.1 Å². The van der Waals surface area contributed by atoms with E-state index in [2.05, 4.69) is 6.58 Å². The topological polar surface area (TPSA) is 85.2 Å². The van der Waals surface area contributed by atoms with Crippen LogP contribution in [0.25, 0.3) is 0 Å². The Hall–Kier alpha value is -0.950. The van der Waals surface area contributed by atoms with E-state index in [0.717, 1.165) is 6.08 Å². The third-order valence-electron chi connectivity index (χ3n) is 2.63. The second-order valence-electron chi connectivity index (χ2n) is 4.21. The van der Waals surface area contributed by atoms with Crippen molar-refractivity contribution in [1.29, 1.82) is 0 Å². The SMILES string of the molecule is C=CC(=O)OCOC(CC(O)CC)CC(C)OCO. The first kappa shape index (κ1) is 18.0. The molecule has 3 unspecified atom stereocenters. The van der Waals surface area contributed by atoms with Crippen molar-refractivity contribution in [3.05, 3.63) is 12.7 Å². The van der Waals surface area contributed by atoms with Crippen LogP contribution in [-0.2, 0) is 19.0 Å². The number of hydrogen-bond donors (Lipinski definition) is 2. The minimum atomic E-state index is -0.561. The van der Waals surface area contributed by atoms with Gasteiger partial charge in [-0.25, -0.2) is 4.79 Å². The lowest BCUT2D eigenvalue weighted by Gasteiger charge is -2.23. The lowest BCUT2D eigenvalue weighted by atomic mass is 10.0. The van der Waals surface area contributed by atoms with Crippen LogP contribution in [0.1, 0.15) is 33.1 Å². The summed E-state index contributed by atoms with van der Waals surface area (Å²) in [6, 6.07) is 0. The van der Waals surface area contributed by atoms with E-state index in [1.54, 1.807) is 6.92 Å². The first-order valence-corrected chi connectivity index (χ1v) is 6.34. The molecule has 0 aliphatic rings. The van der Waals surface area contributed by atoms with Gasteiger partial charge in [-0.1, -0.05) is 13.5 Å². The van der Waals surface area contributed by atoms with Crippen LogP contribution in [0.3, 0.4) is 0 Å². The fourth-order valence-electron chi connectivity index (χ4n) is 1.52. The molecule has 112 valence electrons. The Morgan fingerprint density at radius 3 is 2.58 bits per heavy atom. The Labute approximate surface area is 114 Å². The van der Waals surface area contributed by atoms with E-state index in [1.165, 1.54) is 0 Å². The highest BCUT2D eigenvalue weighted by atomic mass is 16.7. The van der Waals surface area contributed by atoms with Crippen molar-refractivity contribution < 1.29 is 29.2 Å². The Morgan fingerprint density at radius 1 is 1.37 bits per heavy atom. The summed E-state index contributed by atoms with van der Waals surface area (Å²) in [5, 5.41) is 18.3. The van der Waals surface area contributed by atoms with Crippen molar-refractivity contribution in [3.8, 4) is 0 Å². The van der Waals surface area contributed by atoms with Gasteiger partial charge in [-0.2, -0.15) is 0 Å². The van der Waals surface area contributed by atoms with Gasteiger partial charge in [0.2, 0.25) is 0 Å². The first-order chi connectivity index (χ1) is 9.03. The van der Waals surface area contributed by atoms with Crippen LogP contribution in [0.15, 0.2) is 12.7 Å². The molecule has 0 fully saturated rings. The summed E-state index contributed by atoms with van der Waals surface area (Å²) < 4.78 is 15.1. The third kappa shape index (κ3) is 9.61. The average molecular weight is 276 g/mol. The van der Waals surface area contributed by atoms with Crippen molar-refractivity contribution >= 4 is 5.97 Å². The van der Waals surface area contributed by atoms with Gasteiger partial charge >= 0.3 is 5.97 Å². The maximum atomic E-state index is 10.9. The molecule has 0 heterocycles. The smallest absolute Gasteiger partial charge is 0.332 e. The minimum Gasteiger partial charge on any atom is -0.435 e. The molecule has 6 nitrogen and oxygen atoms in total. The number of carbonyl (C=O) groups excluding carboxylic acids is 1. The van der Waals surface area contributed by atoms with Gasteiger partial charge < -0.3 is 24.4 Å².